The van der Waals surface area contributed by atoms with E-state index < -0.39 is 0 Å². The third kappa shape index (κ3) is 3.15. The Bertz CT molecular complexity index is 449. The fraction of sp³-hybridized carbons (Fsp3) is 0.737. The molecule has 0 aliphatic heterocycles. The summed E-state index contributed by atoms with van der Waals surface area (Å²) in [5.74, 6) is 2.45. The first-order valence-electron chi connectivity index (χ1n) is 8.94. The highest BCUT2D eigenvalue weighted by molar-refractivity contribution is 5.27. The quantitative estimate of drug-likeness (QED) is 0.892. The Morgan fingerprint density at radius 1 is 1.24 bits per heavy atom. The van der Waals surface area contributed by atoms with Crippen LogP contribution in [0.25, 0.3) is 0 Å². The van der Waals surface area contributed by atoms with Gasteiger partial charge in [0.1, 0.15) is 0 Å². The summed E-state index contributed by atoms with van der Waals surface area (Å²) in [5, 5.41) is 3.68. The molecule has 0 bridgehead atoms. The molecule has 21 heavy (non-hydrogen) atoms. The van der Waals surface area contributed by atoms with Crippen molar-refractivity contribution in [2.45, 2.75) is 70.3 Å². The van der Waals surface area contributed by atoms with Crippen LogP contribution in [0.2, 0.25) is 0 Å². The van der Waals surface area contributed by atoms with Crippen molar-refractivity contribution in [2.24, 2.45) is 11.8 Å². The lowest BCUT2D eigenvalue weighted by molar-refractivity contribution is 0.196. The molecule has 2 aliphatic carbocycles. The van der Waals surface area contributed by atoms with Crippen LogP contribution in [-0.4, -0.2) is 18.1 Å². The minimum atomic E-state index is 0.622. The van der Waals surface area contributed by atoms with Crippen LogP contribution >= 0.6 is 0 Å². The normalized spacial score (nSPS) is 30.7. The molecular formula is C19H30N2. The van der Waals surface area contributed by atoms with E-state index in [2.05, 4.69) is 31.4 Å². The number of fused-ring (bicyclic) bond motifs is 1. The Kier molecular flexibility index (Phi) is 4.95. The van der Waals surface area contributed by atoms with Gasteiger partial charge in [-0.3, -0.25) is 4.98 Å². The maximum Gasteiger partial charge on any atom is 0.0482 e. The SMILES string of the molecule is CCC1CCC(C(NC)C2CCCc3cccnc32)CC1. The second kappa shape index (κ2) is 6.91. The Hall–Kier alpha value is -0.890. The number of aryl methyl sites for hydroxylation is 1. The highest BCUT2D eigenvalue weighted by Gasteiger charge is 2.34. The molecule has 0 spiro atoms. The van der Waals surface area contributed by atoms with Crippen LogP contribution < -0.4 is 5.32 Å². The number of likely N-dealkylation sites (N-methyl/N-ethyl adjacent to an activating group) is 1. The van der Waals surface area contributed by atoms with Gasteiger partial charge in [0.2, 0.25) is 0 Å². The van der Waals surface area contributed by atoms with E-state index in [1.807, 2.05) is 6.20 Å². The molecule has 2 heteroatoms. The van der Waals surface area contributed by atoms with Crippen LogP contribution in [0.5, 0.6) is 0 Å². The number of rotatable bonds is 4. The van der Waals surface area contributed by atoms with Crippen molar-refractivity contribution in [1.82, 2.24) is 10.3 Å². The van der Waals surface area contributed by atoms with Crippen molar-refractivity contribution in [2.75, 3.05) is 7.05 Å². The first-order valence-corrected chi connectivity index (χ1v) is 8.94. The maximum atomic E-state index is 4.76. The molecule has 3 rings (SSSR count). The van der Waals surface area contributed by atoms with E-state index in [0.29, 0.717) is 12.0 Å². The zero-order valence-electron chi connectivity index (χ0n) is 13.6. The van der Waals surface area contributed by atoms with E-state index in [0.717, 1.165) is 11.8 Å². The van der Waals surface area contributed by atoms with Crippen LogP contribution in [0.3, 0.4) is 0 Å². The molecule has 0 amide bonds. The van der Waals surface area contributed by atoms with E-state index in [4.69, 9.17) is 4.98 Å². The van der Waals surface area contributed by atoms with Crippen molar-refractivity contribution < 1.29 is 0 Å². The summed E-state index contributed by atoms with van der Waals surface area (Å²) in [6, 6.07) is 5.01. The van der Waals surface area contributed by atoms with Crippen LogP contribution in [0.15, 0.2) is 18.3 Å². The molecule has 2 aliphatic rings. The highest BCUT2D eigenvalue weighted by Crippen LogP contribution is 2.40. The van der Waals surface area contributed by atoms with Crippen molar-refractivity contribution in [3.63, 3.8) is 0 Å². The van der Waals surface area contributed by atoms with E-state index in [9.17, 15) is 0 Å². The number of aromatic nitrogens is 1. The van der Waals surface area contributed by atoms with Crippen molar-refractivity contribution in [3.8, 4) is 0 Å². The summed E-state index contributed by atoms with van der Waals surface area (Å²) in [6.07, 6.45) is 12.9. The van der Waals surface area contributed by atoms with Gasteiger partial charge in [0.25, 0.3) is 0 Å². The molecule has 116 valence electrons. The van der Waals surface area contributed by atoms with Gasteiger partial charge in [-0.05, 0) is 62.6 Å². The molecule has 0 radical (unpaired) electrons. The molecule has 2 nitrogen and oxygen atoms in total. The topological polar surface area (TPSA) is 24.9 Å². The summed E-state index contributed by atoms with van der Waals surface area (Å²) in [6.45, 7) is 2.35. The van der Waals surface area contributed by atoms with Gasteiger partial charge >= 0.3 is 0 Å². The largest absolute Gasteiger partial charge is 0.316 e. The van der Waals surface area contributed by atoms with Crippen LogP contribution in [0.1, 0.15) is 69.0 Å². The lowest BCUT2D eigenvalue weighted by Gasteiger charge is -2.39. The molecule has 1 heterocycles. The van der Waals surface area contributed by atoms with Crippen molar-refractivity contribution in [1.29, 1.82) is 0 Å². The Balaban J connectivity index is 1.75. The summed E-state index contributed by atoms with van der Waals surface area (Å²) >= 11 is 0. The van der Waals surface area contributed by atoms with Crippen LogP contribution in [-0.2, 0) is 6.42 Å². The number of hydrogen-bond donors (Lipinski definition) is 1. The van der Waals surface area contributed by atoms with Gasteiger partial charge in [-0.1, -0.05) is 32.3 Å². The average molecular weight is 286 g/mol. The van der Waals surface area contributed by atoms with Gasteiger partial charge in [-0.25, -0.2) is 0 Å². The standard InChI is InChI=1S/C19H30N2/c1-3-14-9-11-16(12-10-14)18(20-2)17-8-4-6-15-7-5-13-21-19(15)17/h5,7,13-14,16-18,20H,3-4,6,8-12H2,1-2H3. The van der Waals surface area contributed by atoms with Gasteiger partial charge in [0.05, 0.1) is 0 Å². The zero-order chi connectivity index (χ0) is 14.7. The third-order valence-corrected chi connectivity index (χ3v) is 5.98. The number of hydrogen-bond acceptors (Lipinski definition) is 2. The predicted molar refractivity (Wildman–Crippen MR) is 88.5 cm³/mol. The fourth-order valence-corrected chi connectivity index (χ4v) is 4.72. The summed E-state index contributed by atoms with van der Waals surface area (Å²) in [4.78, 5) is 4.76. The third-order valence-electron chi connectivity index (χ3n) is 5.98. The lowest BCUT2D eigenvalue weighted by Crippen LogP contribution is -2.42. The monoisotopic (exact) mass is 286 g/mol. The molecule has 1 saturated carbocycles. The van der Waals surface area contributed by atoms with E-state index in [-0.39, 0.29) is 0 Å². The number of pyridine rings is 1. The average Bonchev–Trinajstić information content (AvgIpc) is 2.56. The van der Waals surface area contributed by atoms with E-state index in [1.54, 1.807) is 0 Å². The van der Waals surface area contributed by atoms with Crippen LogP contribution in [0, 0.1) is 11.8 Å². The Labute approximate surface area is 129 Å². The smallest absolute Gasteiger partial charge is 0.0482 e. The van der Waals surface area contributed by atoms with E-state index in [1.165, 1.54) is 62.6 Å². The number of nitrogens with zero attached hydrogens (tertiary/aromatic N) is 1. The van der Waals surface area contributed by atoms with Gasteiger partial charge in [0.15, 0.2) is 0 Å². The summed E-state index contributed by atoms with van der Waals surface area (Å²) in [5.41, 5.74) is 2.89. The van der Waals surface area contributed by atoms with Crippen LogP contribution in [0.4, 0.5) is 0 Å². The molecule has 1 N–H and O–H groups in total. The molecule has 1 fully saturated rings. The van der Waals surface area contributed by atoms with Gasteiger partial charge in [-0.15, -0.1) is 0 Å². The highest BCUT2D eigenvalue weighted by atomic mass is 14.9. The first-order chi connectivity index (χ1) is 10.3. The molecule has 2 unspecified atom stereocenters. The second-order valence-electron chi connectivity index (χ2n) is 7.05. The lowest BCUT2D eigenvalue weighted by atomic mass is 9.71. The molecule has 1 aromatic rings. The molecular weight excluding hydrogens is 256 g/mol. The Morgan fingerprint density at radius 2 is 2.05 bits per heavy atom. The van der Waals surface area contributed by atoms with E-state index >= 15 is 0 Å². The molecule has 2 atom stereocenters. The molecule has 1 aromatic heterocycles. The Morgan fingerprint density at radius 3 is 2.76 bits per heavy atom. The number of nitrogens with one attached hydrogen (secondary N) is 1. The molecule has 0 aromatic carbocycles. The predicted octanol–water partition coefficient (Wildman–Crippen LogP) is 4.31. The first kappa shape index (κ1) is 15.0. The maximum absolute atomic E-state index is 4.76. The summed E-state index contributed by atoms with van der Waals surface area (Å²) in [7, 11) is 2.16. The van der Waals surface area contributed by atoms with Crippen molar-refractivity contribution >= 4 is 0 Å². The zero-order valence-corrected chi connectivity index (χ0v) is 13.6. The van der Waals surface area contributed by atoms with Gasteiger partial charge in [0, 0.05) is 23.9 Å². The minimum Gasteiger partial charge on any atom is -0.316 e. The van der Waals surface area contributed by atoms with Gasteiger partial charge in [-0.2, -0.15) is 0 Å². The summed E-state index contributed by atoms with van der Waals surface area (Å²) < 4.78 is 0. The molecule has 0 saturated heterocycles. The fourth-order valence-electron chi connectivity index (χ4n) is 4.72. The second-order valence-corrected chi connectivity index (χ2v) is 7.05. The minimum absolute atomic E-state index is 0.622. The van der Waals surface area contributed by atoms with Gasteiger partial charge < -0.3 is 5.32 Å². The van der Waals surface area contributed by atoms with Crippen molar-refractivity contribution in [3.05, 3.63) is 29.6 Å².